The highest BCUT2D eigenvalue weighted by molar-refractivity contribution is 5.83. The van der Waals surface area contributed by atoms with Crippen LogP contribution in [0.2, 0.25) is 0 Å². The van der Waals surface area contributed by atoms with Gasteiger partial charge in [-0.25, -0.2) is 4.39 Å². The number of aryl methyl sites for hydroxylation is 1. The average molecular weight is 281 g/mol. The van der Waals surface area contributed by atoms with Crippen molar-refractivity contribution in [1.82, 2.24) is 0 Å². The molecule has 0 radical (unpaired) electrons. The number of carbonyl (C=O) groups is 2. The summed E-state index contributed by atoms with van der Waals surface area (Å²) in [5.74, 6) is -3.78. The maximum absolute atomic E-state index is 12.8. The van der Waals surface area contributed by atoms with Crippen molar-refractivity contribution in [3.05, 3.63) is 35.6 Å². The van der Waals surface area contributed by atoms with Crippen LogP contribution in [-0.2, 0) is 16.0 Å². The van der Waals surface area contributed by atoms with Gasteiger partial charge in [-0.1, -0.05) is 12.1 Å². The Kier molecular flexibility index (Phi) is 3.76. The third-order valence-electron chi connectivity index (χ3n) is 3.91. The van der Waals surface area contributed by atoms with Gasteiger partial charge in [0.25, 0.3) is 0 Å². The van der Waals surface area contributed by atoms with E-state index in [1.165, 1.54) is 12.1 Å². The van der Waals surface area contributed by atoms with E-state index in [-0.39, 0.29) is 12.2 Å². The highest BCUT2D eigenvalue weighted by atomic mass is 19.1. The van der Waals surface area contributed by atoms with Crippen molar-refractivity contribution in [2.45, 2.75) is 24.8 Å². The van der Waals surface area contributed by atoms with E-state index in [0.29, 0.717) is 12.8 Å². The molecule has 1 aliphatic rings. The fraction of sp³-hybridized carbons (Fsp3) is 0.429. The van der Waals surface area contributed by atoms with Gasteiger partial charge in [0.1, 0.15) is 11.4 Å². The Hall–Kier alpha value is -1.95. The molecule has 1 fully saturated rings. The van der Waals surface area contributed by atoms with Crippen LogP contribution in [-0.4, -0.2) is 27.7 Å². The van der Waals surface area contributed by atoms with E-state index in [1.54, 1.807) is 12.1 Å². The van der Waals surface area contributed by atoms with Gasteiger partial charge in [-0.15, -0.1) is 0 Å². The Morgan fingerprint density at radius 3 is 2.35 bits per heavy atom. The number of nitrogens with two attached hydrogens (primary N) is 1. The third-order valence-corrected chi connectivity index (χ3v) is 3.91. The van der Waals surface area contributed by atoms with Gasteiger partial charge >= 0.3 is 11.9 Å². The van der Waals surface area contributed by atoms with Crippen molar-refractivity contribution in [3.63, 3.8) is 0 Å². The van der Waals surface area contributed by atoms with Crippen LogP contribution >= 0.6 is 0 Å². The highest BCUT2D eigenvalue weighted by Crippen LogP contribution is 2.47. The number of aliphatic carboxylic acids is 2. The number of rotatable bonds is 6. The standard InChI is InChI=1S/C14H16FNO4/c15-9-3-1-8(2-4-9)5-6-14(16,13(19)20)11-7-10(11)12(17)18/h1-4,10-11H,5-7,16H2,(H,17,18)(H,19,20). The maximum Gasteiger partial charge on any atom is 0.324 e. The summed E-state index contributed by atoms with van der Waals surface area (Å²) in [4.78, 5) is 22.2. The van der Waals surface area contributed by atoms with Gasteiger partial charge in [-0.2, -0.15) is 0 Å². The second-order valence-corrected chi connectivity index (χ2v) is 5.26. The SMILES string of the molecule is NC(CCc1ccc(F)cc1)(C(=O)O)C1CC1C(=O)O. The molecule has 0 aliphatic heterocycles. The zero-order valence-electron chi connectivity index (χ0n) is 10.8. The fourth-order valence-corrected chi connectivity index (χ4v) is 2.49. The second-order valence-electron chi connectivity index (χ2n) is 5.26. The van der Waals surface area contributed by atoms with Crippen LogP contribution in [0.25, 0.3) is 0 Å². The summed E-state index contributed by atoms with van der Waals surface area (Å²) in [5.41, 5.74) is 5.14. The molecule has 2 rings (SSSR count). The predicted octanol–water partition coefficient (Wildman–Crippen LogP) is 1.26. The molecule has 0 aromatic heterocycles. The number of hydrogen-bond donors (Lipinski definition) is 3. The van der Waals surface area contributed by atoms with Crippen molar-refractivity contribution in [2.75, 3.05) is 0 Å². The number of carboxylic acids is 2. The maximum atomic E-state index is 12.8. The molecule has 3 atom stereocenters. The molecule has 5 nitrogen and oxygen atoms in total. The summed E-state index contributed by atoms with van der Waals surface area (Å²) in [5, 5.41) is 18.2. The van der Waals surface area contributed by atoms with E-state index >= 15 is 0 Å². The summed E-state index contributed by atoms with van der Waals surface area (Å²) in [6.45, 7) is 0. The van der Waals surface area contributed by atoms with Crippen LogP contribution in [0.4, 0.5) is 4.39 Å². The summed E-state index contributed by atoms with van der Waals surface area (Å²) in [6.07, 6.45) is 0.788. The topological polar surface area (TPSA) is 101 Å². The van der Waals surface area contributed by atoms with Gasteiger partial charge in [0, 0.05) is 5.92 Å². The Balaban J connectivity index is 2.05. The quantitative estimate of drug-likeness (QED) is 0.728. The molecule has 0 saturated heterocycles. The summed E-state index contributed by atoms with van der Waals surface area (Å²) >= 11 is 0. The first-order valence-electron chi connectivity index (χ1n) is 6.34. The van der Waals surface area contributed by atoms with Crippen molar-refractivity contribution < 1.29 is 24.2 Å². The molecule has 0 bridgehead atoms. The van der Waals surface area contributed by atoms with Crippen LogP contribution in [0.5, 0.6) is 0 Å². The number of benzene rings is 1. The van der Waals surface area contributed by atoms with E-state index in [9.17, 15) is 19.1 Å². The normalized spacial score (nSPS) is 23.9. The highest BCUT2D eigenvalue weighted by Gasteiger charge is 2.57. The van der Waals surface area contributed by atoms with Gasteiger partial charge in [0.2, 0.25) is 0 Å². The molecule has 0 heterocycles. The second kappa shape index (κ2) is 5.20. The van der Waals surface area contributed by atoms with Crippen LogP contribution in [0.15, 0.2) is 24.3 Å². The van der Waals surface area contributed by atoms with Gasteiger partial charge in [0.05, 0.1) is 5.92 Å². The van der Waals surface area contributed by atoms with E-state index < -0.39 is 29.3 Å². The average Bonchev–Trinajstić information content (AvgIpc) is 3.18. The monoisotopic (exact) mass is 281 g/mol. The minimum Gasteiger partial charge on any atom is -0.481 e. The number of carboxylic acid groups (broad SMARTS) is 2. The lowest BCUT2D eigenvalue weighted by atomic mass is 9.86. The number of halogens is 1. The molecule has 1 aromatic carbocycles. The molecule has 6 heteroatoms. The van der Waals surface area contributed by atoms with E-state index in [4.69, 9.17) is 10.8 Å². The summed E-state index contributed by atoms with van der Waals surface area (Å²) in [7, 11) is 0. The Morgan fingerprint density at radius 1 is 1.30 bits per heavy atom. The molecular weight excluding hydrogens is 265 g/mol. The third kappa shape index (κ3) is 2.80. The largest absolute Gasteiger partial charge is 0.481 e. The lowest BCUT2D eigenvalue weighted by molar-refractivity contribution is -0.145. The Bertz CT molecular complexity index is 530. The fourth-order valence-electron chi connectivity index (χ4n) is 2.49. The Morgan fingerprint density at radius 2 is 1.90 bits per heavy atom. The van der Waals surface area contributed by atoms with Crippen LogP contribution in [0.3, 0.4) is 0 Å². The molecule has 1 saturated carbocycles. The Labute approximate surface area is 115 Å². The molecule has 108 valence electrons. The van der Waals surface area contributed by atoms with E-state index in [1.807, 2.05) is 0 Å². The molecule has 0 amide bonds. The first-order chi connectivity index (χ1) is 9.34. The van der Waals surface area contributed by atoms with Gasteiger partial charge in [-0.3, -0.25) is 9.59 Å². The van der Waals surface area contributed by atoms with Crippen molar-refractivity contribution >= 4 is 11.9 Å². The van der Waals surface area contributed by atoms with E-state index in [0.717, 1.165) is 5.56 Å². The molecule has 3 unspecified atom stereocenters. The molecule has 1 aliphatic carbocycles. The molecule has 20 heavy (non-hydrogen) atoms. The van der Waals surface area contributed by atoms with Gasteiger partial charge in [-0.05, 0) is 37.0 Å². The number of hydrogen-bond acceptors (Lipinski definition) is 3. The molecule has 1 aromatic rings. The summed E-state index contributed by atoms with van der Waals surface area (Å²) in [6, 6.07) is 5.73. The smallest absolute Gasteiger partial charge is 0.324 e. The lowest BCUT2D eigenvalue weighted by Crippen LogP contribution is -2.51. The van der Waals surface area contributed by atoms with Crippen molar-refractivity contribution in [3.8, 4) is 0 Å². The van der Waals surface area contributed by atoms with Crippen molar-refractivity contribution in [1.29, 1.82) is 0 Å². The summed E-state index contributed by atoms with van der Waals surface area (Å²) < 4.78 is 12.8. The van der Waals surface area contributed by atoms with Gasteiger partial charge < -0.3 is 15.9 Å². The lowest BCUT2D eigenvalue weighted by Gasteiger charge is -2.25. The first kappa shape index (κ1) is 14.5. The minimum atomic E-state index is -1.54. The first-order valence-corrected chi connectivity index (χ1v) is 6.34. The van der Waals surface area contributed by atoms with Gasteiger partial charge in [0.15, 0.2) is 0 Å². The van der Waals surface area contributed by atoms with Crippen LogP contribution in [0.1, 0.15) is 18.4 Å². The molecular formula is C14H16FNO4. The van der Waals surface area contributed by atoms with Crippen molar-refractivity contribution in [2.24, 2.45) is 17.6 Å². The molecule has 4 N–H and O–H groups in total. The van der Waals surface area contributed by atoms with Crippen LogP contribution in [0, 0.1) is 17.7 Å². The zero-order valence-corrected chi connectivity index (χ0v) is 10.8. The van der Waals surface area contributed by atoms with Crippen LogP contribution < -0.4 is 5.73 Å². The molecule has 0 spiro atoms. The van der Waals surface area contributed by atoms with E-state index in [2.05, 4.69) is 0 Å². The zero-order chi connectivity index (χ0) is 14.9. The predicted molar refractivity (Wildman–Crippen MR) is 68.5 cm³/mol. The minimum absolute atomic E-state index is 0.127.